The minimum Gasteiger partial charge on any atom is -0.377 e. The van der Waals surface area contributed by atoms with Gasteiger partial charge in [0.1, 0.15) is 0 Å². The number of rotatable bonds is 10. The SMILES string of the molecule is CN(C)c1cccc2c(S(=O)(=O)NCCCCCNC(=O)c3cn(I)nn3)cccc12. The molecule has 11 heteroatoms. The molecule has 166 valence electrons. The predicted molar refractivity (Wildman–Crippen MR) is 129 cm³/mol. The van der Waals surface area contributed by atoms with Gasteiger partial charge in [-0.15, -0.1) is 5.10 Å². The maximum absolute atomic E-state index is 12.9. The van der Waals surface area contributed by atoms with Gasteiger partial charge in [0.05, 0.1) is 34.0 Å². The summed E-state index contributed by atoms with van der Waals surface area (Å²) in [4.78, 5) is 14.1. The molecule has 0 saturated carbocycles. The van der Waals surface area contributed by atoms with Crippen LogP contribution in [0.3, 0.4) is 0 Å². The second-order valence-corrected chi connectivity index (χ2v) is 9.95. The summed E-state index contributed by atoms with van der Waals surface area (Å²) in [7, 11) is 0.242. The molecular formula is C20H25IN6O3S. The van der Waals surface area contributed by atoms with E-state index in [1.807, 2.05) is 66.1 Å². The third-order valence-corrected chi connectivity index (χ3v) is 6.75. The number of benzene rings is 2. The highest BCUT2D eigenvalue weighted by atomic mass is 127. The van der Waals surface area contributed by atoms with E-state index in [1.54, 1.807) is 18.3 Å². The van der Waals surface area contributed by atoms with Crippen molar-refractivity contribution in [1.82, 2.24) is 23.2 Å². The lowest BCUT2D eigenvalue weighted by atomic mass is 10.1. The van der Waals surface area contributed by atoms with Crippen LogP contribution >= 0.6 is 22.9 Å². The fourth-order valence-corrected chi connectivity index (χ4v) is 4.89. The molecule has 0 unspecified atom stereocenters. The number of sulfonamides is 1. The Morgan fingerprint density at radius 3 is 2.48 bits per heavy atom. The molecule has 0 bridgehead atoms. The van der Waals surface area contributed by atoms with Crippen LogP contribution in [0.4, 0.5) is 5.69 Å². The highest BCUT2D eigenvalue weighted by Gasteiger charge is 2.18. The van der Waals surface area contributed by atoms with Crippen molar-refractivity contribution in [2.45, 2.75) is 24.2 Å². The van der Waals surface area contributed by atoms with Gasteiger partial charge in [0.2, 0.25) is 10.0 Å². The van der Waals surface area contributed by atoms with Gasteiger partial charge in [0.15, 0.2) is 5.69 Å². The van der Waals surface area contributed by atoms with Gasteiger partial charge >= 0.3 is 0 Å². The Labute approximate surface area is 195 Å². The molecule has 3 aromatic rings. The molecule has 0 aliphatic heterocycles. The third-order valence-electron chi connectivity index (χ3n) is 4.76. The number of fused-ring (bicyclic) bond motifs is 1. The van der Waals surface area contributed by atoms with Gasteiger partial charge in [-0.05, 0) is 25.0 Å². The number of nitrogens with zero attached hydrogens (tertiary/aromatic N) is 4. The summed E-state index contributed by atoms with van der Waals surface area (Å²) >= 11 is 1.92. The maximum Gasteiger partial charge on any atom is 0.273 e. The van der Waals surface area contributed by atoms with Crippen molar-refractivity contribution >= 4 is 55.3 Å². The molecule has 0 aliphatic rings. The second kappa shape index (κ2) is 10.4. The number of anilines is 1. The number of nitrogens with one attached hydrogen (secondary N) is 2. The van der Waals surface area contributed by atoms with E-state index in [4.69, 9.17) is 0 Å². The molecule has 0 spiro atoms. The molecule has 3 rings (SSSR count). The van der Waals surface area contributed by atoms with E-state index in [2.05, 4.69) is 20.4 Å². The summed E-state index contributed by atoms with van der Waals surface area (Å²) in [6.07, 6.45) is 3.74. The van der Waals surface area contributed by atoms with Crippen LogP contribution in [-0.4, -0.2) is 54.7 Å². The van der Waals surface area contributed by atoms with E-state index in [0.29, 0.717) is 24.9 Å². The fraction of sp³-hybridized carbons (Fsp3) is 0.350. The molecule has 0 atom stereocenters. The highest BCUT2D eigenvalue weighted by Crippen LogP contribution is 2.30. The highest BCUT2D eigenvalue weighted by molar-refractivity contribution is 14.1. The molecule has 1 amide bonds. The summed E-state index contributed by atoms with van der Waals surface area (Å²) < 4.78 is 29.9. The average Bonchev–Trinajstić information content (AvgIpc) is 3.18. The van der Waals surface area contributed by atoms with E-state index in [9.17, 15) is 13.2 Å². The Hall–Kier alpha value is -2.25. The van der Waals surface area contributed by atoms with Crippen molar-refractivity contribution in [2.75, 3.05) is 32.1 Å². The van der Waals surface area contributed by atoms with Gasteiger partial charge in [-0.25, -0.2) is 13.1 Å². The lowest BCUT2D eigenvalue weighted by molar-refractivity contribution is 0.0948. The Morgan fingerprint density at radius 1 is 1.06 bits per heavy atom. The number of carbonyl (C=O) groups is 1. The predicted octanol–water partition coefficient (Wildman–Crippen LogP) is 2.57. The number of aromatic nitrogens is 3. The Bertz CT molecular complexity index is 1160. The van der Waals surface area contributed by atoms with E-state index < -0.39 is 10.0 Å². The molecule has 1 heterocycles. The minimum atomic E-state index is -3.63. The van der Waals surface area contributed by atoms with Crippen molar-refractivity contribution in [3.8, 4) is 0 Å². The first kappa shape index (κ1) is 23.4. The molecule has 0 radical (unpaired) electrons. The van der Waals surface area contributed by atoms with Crippen molar-refractivity contribution in [1.29, 1.82) is 0 Å². The molecule has 0 aliphatic carbocycles. The van der Waals surface area contributed by atoms with Crippen LogP contribution in [0, 0.1) is 0 Å². The van der Waals surface area contributed by atoms with E-state index in [1.165, 1.54) is 2.90 Å². The largest absolute Gasteiger partial charge is 0.377 e. The van der Waals surface area contributed by atoms with Crippen LogP contribution in [0.1, 0.15) is 29.8 Å². The van der Waals surface area contributed by atoms with E-state index in [-0.39, 0.29) is 16.5 Å². The number of carbonyl (C=O) groups excluding carboxylic acids is 1. The van der Waals surface area contributed by atoms with Crippen molar-refractivity contribution in [3.63, 3.8) is 0 Å². The zero-order chi connectivity index (χ0) is 22.4. The summed E-state index contributed by atoms with van der Waals surface area (Å²) in [5.74, 6) is -0.267. The minimum absolute atomic E-state index is 0.267. The number of unbranched alkanes of at least 4 members (excludes halogenated alkanes) is 2. The lowest BCUT2D eigenvalue weighted by Crippen LogP contribution is -2.26. The van der Waals surface area contributed by atoms with Gasteiger partial charge < -0.3 is 10.2 Å². The molecule has 2 aromatic carbocycles. The topological polar surface area (TPSA) is 109 Å². The van der Waals surface area contributed by atoms with Crippen molar-refractivity contribution < 1.29 is 13.2 Å². The number of amides is 1. The van der Waals surface area contributed by atoms with Gasteiger partial charge in [0.25, 0.3) is 5.91 Å². The summed E-state index contributed by atoms with van der Waals surface area (Å²) in [5.41, 5.74) is 1.24. The second-order valence-electron chi connectivity index (χ2n) is 7.23. The van der Waals surface area contributed by atoms with E-state index >= 15 is 0 Å². The van der Waals surface area contributed by atoms with Gasteiger partial charge in [0, 0.05) is 43.6 Å². The molecule has 9 nitrogen and oxygen atoms in total. The summed E-state index contributed by atoms with van der Waals surface area (Å²) in [6.45, 7) is 0.833. The fourth-order valence-electron chi connectivity index (χ4n) is 3.24. The molecule has 0 saturated heterocycles. The number of hydrogen-bond acceptors (Lipinski definition) is 6. The van der Waals surface area contributed by atoms with Crippen LogP contribution in [0.5, 0.6) is 0 Å². The van der Waals surface area contributed by atoms with Crippen molar-refractivity contribution in [3.05, 3.63) is 48.3 Å². The van der Waals surface area contributed by atoms with Crippen LogP contribution in [0.2, 0.25) is 0 Å². The summed E-state index contributed by atoms with van der Waals surface area (Å²) in [6, 6.07) is 11.0. The molecule has 1 aromatic heterocycles. The number of hydrogen-bond donors (Lipinski definition) is 2. The first-order valence-corrected chi connectivity index (χ1v) is 12.3. The Kier molecular flexibility index (Phi) is 7.84. The first-order valence-electron chi connectivity index (χ1n) is 9.85. The van der Waals surface area contributed by atoms with Gasteiger partial charge in [-0.2, -0.15) is 2.90 Å². The lowest BCUT2D eigenvalue weighted by Gasteiger charge is -2.17. The van der Waals surface area contributed by atoms with Crippen molar-refractivity contribution in [2.24, 2.45) is 0 Å². The number of halogens is 1. The summed E-state index contributed by atoms with van der Waals surface area (Å²) in [5, 5.41) is 11.8. The van der Waals surface area contributed by atoms with Crippen LogP contribution in [0.25, 0.3) is 10.8 Å². The van der Waals surface area contributed by atoms with Crippen LogP contribution in [0.15, 0.2) is 47.5 Å². The molecule has 0 fully saturated rings. The smallest absolute Gasteiger partial charge is 0.273 e. The molecular weight excluding hydrogens is 531 g/mol. The van der Waals surface area contributed by atoms with Crippen LogP contribution in [-0.2, 0) is 10.0 Å². The monoisotopic (exact) mass is 556 g/mol. The quantitative estimate of drug-likeness (QED) is 0.294. The van der Waals surface area contributed by atoms with E-state index in [0.717, 1.165) is 23.9 Å². The maximum atomic E-state index is 12.9. The zero-order valence-electron chi connectivity index (χ0n) is 17.4. The Morgan fingerprint density at radius 2 is 1.77 bits per heavy atom. The zero-order valence-corrected chi connectivity index (χ0v) is 20.4. The molecule has 31 heavy (non-hydrogen) atoms. The average molecular weight is 556 g/mol. The van der Waals surface area contributed by atoms with Gasteiger partial charge in [-0.1, -0.05) is 35.9 Å². The van der Waals surface area contributed by atoms with Crippen LogP contribution < -0.4 is 14.9 Å². The standard InChI is InChI=1S/C20H25IN6O3S/c1-26(2)18-10-6-9-16-15(18)8-7-11-19(16)31(29,30)23-13-5-3-4-12-22-20(28)17-14-27(21)25-24-17/h6-11,14,23H,3-5,12-13H2,1-2H3,(H,22,28). The Balaban J connectivity index is 1.49. The van der Waals surface area contributed by atoms with Gasteiger partial charge in [-0.3, -0.25) is 4.79 Å². The third kappa shape index (κ3) is 5.92. The first-order chi connectivity index (χ1) is 14.8. The molecule has 2 N–H and O–H groups in total. The normalized spacial score (nSPS) is 11.6.